The fourth-order valence-corrected chi connectivity index (χ4v) is 2.88. The summed E-state index contributed by atoms with van der Waals surface area (Å²) in [7, 11) is 0. The van der Waals surface area contributed by atoms with Crippen LogP contribution in [0.4, 0.5) is 11.4 Å². The number of rotatable bonds is 4. The summed E-state index contributed by atoms with van der Waals surface area (Å²) in [5.74, 6) is -0.888. The predicted octanol–water partition coefficient (Wildman–Crippen LogP) is 4.59. The number of carbonyl (C=O) groups is 2. The van der Waals surface area contributed by atoms with E-state index in [2.05, 4.69) is 10.6 Å². The molecule has 0 saturated carbocycles. The molecule has 2 aromatic rings. The molecular formula is C24H18N2O4. The molecule has 148 valence electrons. The van der Waals surface area contributed by atoms with Gasteiger partial charge in [0.25, 0.3) is 0 Å². The fraction of sp³-hybridized carbons (Fsp3) is 0. The summed E-state index contributed by atoms with van der Waals surface area (Å²) >= 11 is 0. The van der Waals surface area contributed by atoms with Crippen molar-refractivity contribution in [3.63, 3.8) is 0 Å². The summed E-state index contributed by atoms with van der Waals surface area (Å²) in [4.78, 5) is 24.2. The Hall–Kier alpha value is -4.32. The maximum Gasteiger partial charge on any atom is 0.337 e. The van der Waals surface area contributed by atoms with Gasteiger partial charge in [-0.25, -0.2) is 9.59 Å². The maximum absolute atomic E-state index is 12.1. The van der Waals surface area contributed by atoms with Gasteiger partial charge in [0.1, 0.15) is 0 Å². The van der Waals surface area contributed by atoms with Crippen molar-refractivity contribution < 1.29 is 19.1 Å². The van der Waals surface area contributed by atoms with Gasteiger partial charge < -0.3 is 20.1 Å². The number of ether oxygens (including phenoxy) is 2. The molecule has 2 aliphatic heterocycles. The molecule has 0 saturated heterocycles. The molecule has 0 fully saturated rings. The normalized spacial score (nSPS) is 14.1. The van der Waals surface area contributed by atoms with E-state index in [0.717, 1.165) is 34.7 Å². The third kappa shape index (κ3) is 4.74. The van der Waals surface area contributed by atoms with Crippen LogP contribution in [0, 0.1) is 0 Å². The van der Waals surface area contributed by atoms with Gasteiger partial charge >= 0.3 is 11.9 Å². The zero-order valence-corrected chi connectivity index (χ0v) is 15.9. The largest absolute Gasteiger partial charge is 0.406 e. The van der Waals surface area contributed by atoms with Gasteiger partial charge in [-0.1, -0.05) is 60.7 Å². The minimum Gasteiger partial charge on any atom is -0.406 e. The highest BCUT2D eigenvalue weighted by Crippen LogP contribution is 2.23. The Bertz CT molecular complexity index is 1050. The number of para-hydroxylation sites is 2. The van der Waals surface area contributed by atoms with E-state index in [1.165, 1.54) is 0 Å². The van der Waals surface area contributed by atoms with Crippen molar-refractivity contribution in [3.8, 4) is 0 Å². The van der Waals surface area contributed by atoms with Crippen molar-refractivity contribution in [1.82, 2.24) is 0 Å². The highest BCUT2D eigenvalue weighted by Gasteiger charge is 2.11. The molecule has 0 radical (unpaired) electrons. The number of anilines is 2. The van der Waals surface area contributed by atoms with Crippen LogP contribution in [0.25, 0.3) is 12.2 Å². The summed E-state index contributed by atoms with van der Waals surface area (Å²) in [6.07, 6.45) is 12.7. The minimum absolute atomic E-state index is 0.258. The lowest BCUT2D eigenvalue weighted by Crippen LogP contribution is -2.11. The van der Waals surface area contributed by atoms with Gasteiger partial charge in [-0.2, -0.15) is 0 Å². The third-order valence-electron chi connectivity index (χ3n) is 4.26. The zero-order chi connectivity index (χ0) is 20.8. The molecule has 0 unspecified atom stereocenters. The van der Waals surface area contributed by atoms with Gasteiger partial charge in [0.2, 0.25) is 11.8 Å². The van der Waals surface area contributed by atoms with Crippen molar-refractivity contribution in [2.45, 2.75) is 0 Å². The van der Waals surface area contributed by atoms with E-state index in [4.69, 9.17) is 9.47 Å². The highest BCUT2D eigenvalue weighted by atomic mass is 16.6. The standard InChI is InChI=1S/C24H18N2O4/c27-23(29-21-13-5-9-17-7-1-3-11-19(17)25-21)15-16-24(28)30-22-14-6-10-18-8-2-4-12-20(18)26-22/h1-16,25-26H/b16-15-. The molecule has 4 rings (SSSR count). The van der Waals surface area contributed by atoms with Crippen molar-refractivity contribution in [3.05, 3.63) is 108 Å². The van der Waals surface area contributed by atoms with Gasteiger partial charge in [0.15, 0.2) is 0 Å². The number of benzene rings is 2. The van der Waals surface area contributed by atoms with Gasteiger partial charge in [0.05, 0.1) is 0 Å². The fourth-order valence-electron chi connectivity index (χ4n) is 2.88. The highest BCUT2D eigenvalue weighted by molar-refractivity contribution is 5.93. The van der Waals surface area contributed by atoms with Crippen molar-refractivity contribution in [1.29, 1.82) is 0 Å². The molecule has 0 aromatic heterocycles. The van der Waals surface area contributed by atoms with Crippen molar-refractivity contribution in [2.24, 2.45) is 0 Å². The van der Waals surface area contributed by atoms with E-state index >= 15 is 0 Å². The summed E-state index contributed by atoms with van der Waals surface area (Å²) in [5, 5.41) is 6.08. The SMILES string of the molecule is O=C(/C=C\C(=O)OC1=CC=Cc2ccccc2N1)OC1=CC=Cc2ccccc2N1. The second-order valence-electron chi connectivity index (χ2n) is 6.38. The average Bonchev–Trinajstić information content (AvgIpc) is 3.07. The number of nitrogens with one attached hydrogen (secondary N) is 2. The van der Waals surface area contributed by atoms with Crippen LogP contribution in [0.15, 0.2) is 96.8 Å². The smallest absolute Gasteiger partial charge is 0.337 e. The average molecular weight is 398 g/mol. The van der Waals surface area contributed by atoms with Crippen LogP contribution < -0.4 is 10.6 Å². The number of allylic oxidation sites excluding steroid dienone is 4. The Morgan fingerprint density at radius 3 is 1.57 bits per heavy atom. The Kier molecular flexibility index (Phi) is 5.57. The molecule has 0 atom stereocenters. The van der Waals surface area contributed by atoms with Crippen molar-refractivity contribution >= 4 is 35.5 Å². The molecule has 0 spiro atoms. The summed E-state index contributed by atoms with van der Waals surface area (Å²) in [5.41, 5.74) is 3.57. The monoisotopic (exact) mass is 398 g/mol. The van der Waals surface area contributed by atoms with E-state index in [1.807, 2.05) is 60.7 Å². The molecule has 2 heterocycles. The van der Waals surface area contributed by atoms with Crippen LogP contribution in [-0.2, 0) is 19.1 Å². The first-order valence-electron chi connectivity index (χ1n) is 9.28. The van der Waals surface area contributed by atoms with E-state index in [9.17, 15) is 9.59 Å². The van der Waals surface area contributed by atoms with E-state index < -0.39 is 11.9 Å². The van der Waals surface area contributed by atoms with E-state index in [1.54, 1.807) is 24.3 Å². The lowest BCUT2D eigenvalue weighted by atomic mass is 10.2. The van der Waals surface area contributed by atoms with Crippen LogP contribution in [0.3, 0.4) is 0 Å². The Labute approximate surface area is 173 Å². The number of esters is 2. The third-order valence-corrected chi connectivity index (χ3v) is 4.26. The first kappa shape index (κ1) is 19.0. The molecule has 6 heteroatoms. The second kappa shape index (κ2) is 8.79. The predicted molar refractivity (Wildman–Crippen MR) is 116 cm³/mol. The number of fused-ring (bicyclic) bond motifs is 2. The van der Waals surface area contributed by atoms with Crippen LogP contribution in [0.5, 0.6) is 0 Å². The molecule has 30 heavy (non-hydrogen) atoms. The Balaban J connectivity index is 1.33. The lowest BCUT2D eigenvalue weighted by molar-refractivity contribution is -0.136. The van der Waals surface area contributed by atoms with Crippen molar-refractivity contribution in [2.75, 3.05) is 10.6 Å². The number of hydrogen-bond donors (Lipinski definition) is 2. The Morgan fingerprint density at radius 2 is 1.10 bits per heavy atom. The molecule has 2 aromatic carbocycles. The molecular weight excluding hydrogens is 380 g/mol. The van der Waals surface area contributed by atoms with Gasteiger partial charge in [0, 0.05) is 23.5 Å². The van der Waals surface area contributed by atoms with Crippen LogP contribution >= 0.6 is 0 Å². The van der Waals surface area contributed by atoms with Gasteiger partial charge in [-0.05, 0) is 35.4 Å². The molecule has 2 N–H and O–H groups in total. The van der Waals surface area contributed by atoms with Crippen LogP contribution in [-0.4, -0.2) is 11.9 Å². The molecule has 2 aliphatic rings. The topological polar surface area (TPSA) is 76.7 Å². The quantitative estimate of drug-likeness (QED) is 0.580. The molecule has 0 aliphatic carbocycles. The number of carbonyl (C=O) groups excluding carboxylic acids is 2. The summed E-state index contributed by atoms with van der Waals surface area (Å²) in [6.45, 7) is 0. The first-order valence-corrected chi connectivity index (χ1v) is 9.28. The lowest BCUT2D eigenvalue weighted by Gasteiger charge is -2.11. The minimum atomic E-state index is -0.702. The molecule has 6 nitrogen and oxygen atoms in total. The van der Waals surface area contributed by atoms with Crippen LogP contribution in [0.1, 0.15) is 11.1 Å². The van der Waals surface area contributed by atoms with E-state index in [0.29, 0.717) is 0 Å². The van der Waals surface area contributed by atoms with Crippen LogP contribution in [0.2, 0.25) is 0 Å². The second-order valence-corrected chi connectivity index (χ2v) is 6.38. The van der Waals surface area contributed by atoms with Gasteiger partial charge in [-0.3, -0.25) is 0 Å². The summed E-state index contributed by atoms with van der Waals surface area (Å²) in [6, 6.07) is 15.2. The zero-order valence-electron chi connectivity index (χ0n) is 15.9. The number of hydrogen-bond acceptors (Lipinski definition) is 6. The molecule has 0 bridgehead atoms. The summed E-state index contributed by atoms with van der Waals surface area (Å²) < 4.78 is 10.5. The first-order chi connectivity index (χ1) is 14.7. The molecule has 0 amide bonds. The maximum atomic E-state index is 12.1. The Morgan fingerprint density at radius 1 is 0.667 bits per heavy atom. The van der Waals surface area contributed by atoms with E-state index in [-0.39, 0.29) is 11.8 Å². The van der Waals surface area contributed by atoms with Gasteiger partial charge in [-0.15, -0.1) is 0 Å².